The highest BCUT2D eigenvalue weighted by Gasteiger charge is 2.18. The Hall–Kier alpha value is -1.29. The zero-order valence-corrected chi connectivity index (χ0v) is 7.88. The van der Waals surface area contributed by atoms with Crippen molar-refractivity contribution in [1.82, 2.24) is 0 Å². The molecular formula is C12H13N. The van der Waals surface area contributed by atoms with Crippen molar-refractivity contribution in [3.63, 3.8) is 0 Å². The number of rotatable bonds is 0. The Morgan fingerprint density at radius 2 is 2.31 bits per heavy atom. The molecule has 1 atom stereocenters. The highest BCUT2D eigenvalue weighted by molar-refractivity contribution is 5.45. The van der Waals surface area contributed by atoms with E-state index < -0.39 is 0 Å². The Labute approximate surface area is 79.0 Å². The number of fused-ring (bicyclic) bond motifs is 1. The molecule has 1 aromatic carbocycles. The Bertz CT molecular complexity index is 360. The van der Waals surface area contributed by atoms with Crippen LogP contribution in [0.2, 0.25) is 0 Å². The largest absolute Gasteiger partial charge is 0.192 e. The first-order valence-electron chi connectivity index (χ1n) is 4.85. The van der Waals surface area contributed by atoms with Crippen molar-refractivity contribution in [1.29, 1.82) is 5.26 Å². The van der Waals surface area contributed by atoms with Crippen LogP contribution in [0, 0.1) is 11.3 Å². The van der Waals surface area contributed by atoms with Gasteiger partial charge in [0.15, 0.2) is 0 Å². The van der Waals surface area contributed by atoms with Crippen molar-refractivity contribution in [2.24, 2.45) is 0 Å². The molecule has 66 valence electrons. The minimum atomic E-state index is 0.636. The molecule has 2 rings (SSSR count). The third-order valence-electron chi connectivity index (χ3n) is 2.93. The van der Waals surface area contributed by atoms with Crippen LogP contribution < -0.4 is 0 Å². The van der Waals surface area contributed by atoms with Gasteiger partial charge in [-0.1, -0.05) is 19.1 Å². The first-order chi connectivity index (χ1) is 6.33. The SMILES string of the molecule is CC1CCCc2c(C#N)cccc21. The fourth-order valence-corrected chi connectivity index (χ4v) is 2.19. The van der Waals surface area contributed by atoms with E-state index in [-0.39, 0.29) is 0 Å². The summed E-state index contributed by atoms with van der Waals surface area (Å²) in [5.41, 5.74) is 3.57. The Kier molecular flexibility index (Phi) is 2.06. The van der Waals surface area contributed by atoms with E-state index in [1.54, 1.807) is 0 Å². The van der Waals surface area contributed by atoms with Crippen LogP contribution in [0.15, 0.2) is 18.2 Å². The molecule has 0 heterocycles. The maximum absolute atomic E-state index is 8.93. The van der Waals surface area contributed by atoms with Crippen molar-refractivity contribution in [3.05, 3.63) is 34.9 Å². The summed E-state index contributed by atoms with van der Waals surface area (Å²) in [6.45, 7) is 2.25. The molecule has 0 fully saturated rings. The average Bonchev–Trinajstić information content (AvgIpc) is 2.18. The highest BCUT2D eigenvalue weighted by Crippen LogP contribution is 2.32. The number of hydrogen-bond donors (Lipinski definition) is 0. The van der Waals surface area contributed by atoms with E-state index in [0.29, 0.717) is 5.92 Å². The molecule has 1 aromatic rings. The van der Waals surface area contributed by atoms with Gasteiger partial charge >= 0.3 is 0 Å². The molecule has 1 heteroatoms. The van der Waals surface area contributed by atoms with Crippen LogP contribution >= 0.6 is 0 Å². The standard InChI is InChI=1S/C12H13N/c1-9-4-2-7-12-10(8-13)5-3-6-11(9)12/h3,5-6,9H,2,4,7H2,1H3. The maximum Gasteiger partial charge on any atom is 0.0994 e. The van der Waals surface area contributed by atoms with Crippen LogP contribution in [0.1, 0.15) is 42.4 Å². The summed E-state index contributed by atoms with van der Waals surface area (Å²) in [7, 11) is 0. The normalized spacial score (nSPS) is 20.5. The number of nitriles is 1. The summed E-state index contributed by atoms with van der Waals surface area (Å²) in [5.74, 6) is 0.636. The lowest BCUT2D eigenvalue weighted by molar-refractivity contribution is 0.589. The molecule has 0 spiro atoms. The molecule has 0 saturated heterocycles. The molecule has 1 nitrogen and oxygen atoms in total. The molecule has 1 aliphatic carbocycles. The minimum absolute atomic E-state index is 0.636. The summed E-state index contributed by atoms with van der Waals surface area (Å²) in [6.07, 6.45) is 3.58. The number of hydrogen-bond acceptors (Lipinski definition) is 1. The van der Waals surface area contributed by atoms with Gasteiger partial charge in [-0.2, -0.15) is 5.26 Å². The monoisotopic (exact) mass is 171 g/mol. The second kappa shape index (κ2) is 3.22. The van der Waals surface area contributed by atoms with E-state index in [2.05, 4.69) is 19.1 Å². The summed E-state index contributed by atoms with van der Waals surface area (Å²) < 4.78 is 0. The van der Waals surface area contributed by atoms with Crippen molar-refractivity contribution in [3.8, 4) is 6.07 Å². The van der Waals surface area contributed by atoms with E-state index in [1.165, 1.54) is 24.0 Å². The molecule has 0 bridgehead atoms. The van der Waals surface area contributed by atoms with Gasteiger partial charge in [-0.3, -0.25) is 0 Å². The lowest BCUT2D eigenvalue weighted by Gasteiger charge is -2.22. The van der Waals surface area contributed by atoms with Crippen LogP contribution in [0.25, 0.3) is 0 Å². The van der Waals surface area contributed by atoms with Crippen molar-refractivity contribution in [2.75, 3.05) is 0 Å². The second-order valence-corrected chi connectivity index (χ2v) is 3.78. The summed E-state index contributed by atoms with van der Waals surface area (Å²) >= 11 is 0. The van der Waals surface area contributed by atoms with E-state index in [0.717, 1.165) is 12.0 Å². The predicted octanol–water partition coefficient (Wildman–Crippen LogP) is 3.00. The molecule has 1 aliphatic rings. The Morgan fingerprint density at radius 1 is 1.46 bits per heavy atom. The third kappa shape index (κ3) is 1.33. The predicted molar refractivity (Wildman–Crippen MR) is 52.5 cm³/mol. The molecule has 0 radical (unpaired) electrons. The Balaban J connectivity index is 2.56. The van der Waals surface area contributed by atoms with E-state index in [1.807, 2.05) is 12.1 Å². The fraction of sp³-hybridized carbons (Fsp3) is 0.417. The van der Waals surface area contributed by atoms with E-state index >= 15 is 0 Å². The summed E-state index contributed by atoms with van der Waals surface area (Å²) in [6, 6.07) is 8.37. The minimum Gasteiger partial charge on any atom is -0.192 e. The molecule has 0 amide bonds. The van der Waals surface area contributed by atoms with Crippen LogP contribution in [-0.2, 0) is 6.42 Å². The fourth-order valence-electron chi connectivity index (χ4n) is 2.19. The number of nitrogens with zero attached hydrogens (tertiary/aromatic N) is 1. The summed E-state index contributed by atoms with van der Waals surface area (Å²) in [5, 5.41) is 8.93. The molecule has 0 saturated carbocycles. The van der Waals surface area contributed by atoms with Gasteiger partial charge in [0.25, 0.3) is 0 Å². The molecule has 0 N–H and O–H groups in total. The van der Waals surface area contributed by atoms with Gasteiger partial charge < -0.3 is 0 Å². The third-order valence-corrected chi connectivity index (χ3v) is 2.93. The van der Waals surface area contributed by atoms with Gasteiger partial charge in [0, 0.05) is 0 Å². The van der Waals surface area contributed by atoms with Crippen LogP contribution in [0.3, 0.4) is 0 Å². The Morgan fingerprint density at radius 3 is 3.08 bits per heavy atom. The van der Waals surface area contributed by atoms with E-state index in [4.69, 9.17) is 5.26 Å². The molecule has 0 aromatic heterocycles. The second-order valence-electron chi connectivity index (χ2n) is 3.78. The van der Waals surface area contributed by atoms with Gasteiger partial charge in [0.2, 0.25) is 0 Å². The molecule has 0 aliphatic heterocycles. The zero-order chi connectivity index (χ0) is 9.26. The first kappa shape index (κ1) is 8.31. The van der Waals surface area contributed by atoms with Gasteiger partial charge in [0.1, 0.15) is 0 Å². The van der Waals surface area contributed by atoms with E-state index in [9.17, 15) is 0 Å². The number of benzene rings is 1. The van der Waals surface area contributed by atoms with Gasteiger partial charge in [-0.15, -0.1) is 0 Å². The lowest BCUT2D eigenvalue weighted by atomic mass is 9.82. The van der Waals surface area contributed by atoms with Crippen molar-refractivity contribution in [2.45, 2.75) is 32.1 Å². The van der Waals surface area contributed by atoms with Crippen LogP contribution in [0.4, 0.5) is 0 Å². The topological polar surface area (TPSA) is 23.8 Å². The zero-order valence-electron chi connectivity index (χ0n) is 7.88. The summed E-state index contributed by atoms with van der Waals surface area (Å²) in [4.78, 5) is 0. The molecule has 1 unspecified atom stereocenters. The van der Waals surface area contributed by atoms with Gasteiger partial charge in [0.05, 0.1) is 11.6 Å². The lowest BCUT2D eigenvalue weighted by Crippen LogP contribution is -2.08. The maximum atomic E-state index is 8.93. The first-order valence-corrected chi connectivity index (χ1v) is 4.85. The smallest absolute Gasteiger partial charge is 0.0994 e. The van der Waals surface area contributed by atoms with Crippen molar-refractivity contribution >= 4 is 0 Å². The van der Waals surface area contributed by atoms with Gasteiger partial charge in [-0.05, 0) is 42.4 Å². The highest BCUT2D eigenvalue weighted by atomic mass is 14.3. The van der Waals surface area contributed by atoms with Crippen LogP contribution in [-0.4, -0.2) is 0 Å². The average molecular weight is 171 g/mol. The van der Waals surface area contributed by atoms with Crippen molar-refractivity contribution < 1.29 is 0 Å². The molecular weight excluding hydrogens is 158 g/mol. The molecule has 13 heavy (non-hydrogen) atoms. The van der Waals surface area contributed by atoms with Crippen LogP contribution in [0.5, 0.6) is 0 Å². The quantitative estimate of drug-likeness (QED) is 0.588. The van der Waals surface area contributed by atoms with Gasteiger partial charge in [-0.25, -0.2) is 0 Å².